The Morgan fingerprint density at radius 3 is 2.80 bits per heavy atom. The molecule has 2 aromatic rings. The smallest absolute Gasteiger partial charge is 0.165 e. The molecule has 0 fully saturated rings. The summed E-state index contributed by atoms with van der Waals surface area (Å²) in [5.74, 6) is 1.12. The van der Waals surface area contributed by atoms with Gasteiger partial charge in [-0.1, -0.05) is 30.8 Å². The molecule has 2 aromatic carbocycles. The Morgan fingerprint density at radius 2 is 2.10 bits per heavy atom. The van der Waals surface area contributed by atoms with Crippen molar-refractivity contribution >= 4 is 23.3 Å². The lowest BCUT2D eigenvalue weighted by Crippen LogP contribution is -2.08. The molecule has 2 rings (SSSR count). The van der Waals surface area contributed by atoms with Gasteiger partial charge >= 0.3 is 0 Å². The normalized spacial score (nSPS) is 11.3. The van der Waals surface area contributed by atoms with Gasteiger partial charge in [-0.25, -0.2) is 9.98 Å². The first-order valence-electron chi connectivity index (χ1n) is 6.18. The van der Waals surface area contributed by atoms with Gasteiger partial charge in [0.15, 0.2) is 5.84 Å². The Bertz CT molecular complexity index is 663. The summed E-state index contributed by atoms with van der Waals surface area (Å²) in [7, 11) is 0. The van der Waals surface area contributed by atoms with Gasteiger partial charge in [0.25, 0.3) is 0 Å². The summed E-state index contributed by atoms with van der Waals surface area (Å²) in [4.78, 5) is 7.69. The molecule has 102 valence electrons. The molecule has 0 saturated carbocycles. The molecule has 4 nitrogen and oxygen atoms in total. The number of amidine groups is 1. The standard InChI is InChI=1S/C16H16N2O2/c1-3-18-16(17-2)11-20-14-8-12-6-4-5-7-15(12)13(9-14)10-19/h3-9,19H,1-2,10-11H2. The number of rotatable bonds is 5. The quantitative estimate of drug-likeness (QED) is 0.669. The second kappa shape index (κ2) is 6.63. The first kappa shape index (κ1) is 14.0. The molecule has 20 heavy (non-hydrogen) atoms. The molecule has 0 aliphatic heterocycles. The topological polar surface area (TPSA) is 54.2 Å². The Hall–Kier alpha value is -2.46. The zero-order chi connectivity index (χ0) is 14.4. The number of nitrogens with zero attached hydrogens (tertiary/aromatic N) is 2. The lowest BCUT2D eigenvalue weighted by Gasteiger charge is -2.10. The minimum absolute atomic E-state index is 0.0367. The van der Waals surface area contributed by atoms with Crippen LogP contribution in [0.25, 0.3) is 10.8 Å². The Morgan fingerprint density at radius 1 is 1.30 bits per heavy atom. The van der Waals surface area contributed by atoms with E-state index in [2.05, 4.69) is 23.3 Å². The van der Waals surface area contributed by atoms with E-state index in [1.165, 1.54) is 6.20 Å². The van der Waals surface area contributed by atoms with Gasteiger partial charge in [-0.05, 0) is 35.2 Å². The zero-order valence-corrected chi connectivity index (χ0v) is 11.1. The second-order valence-corrected chi connectivity index (χ2v) is 4.14. The number of benzene rings is 2. The minimum Gasteiger partial charge on any atom is -0.486 e. The third-order valence-corrected chi connectivity index (χ3v) is 2.88. The van der Waals surface area contributed by atoms with Crippen LogP contribution in [0.5, 0.6) is 5.75 Å². The maximum atomic E-state index is 9.45. The van der Waals surface area contributed by atoms with Crippen LogP contribution in [0.4, 0.5) is 0 Å². The van der Waals surface area contributed by atoms with Crippen LogP contribution >= 0.6 is 0 Å². The van der Waals surface area contributed by atoms with Crippen LogP contribution in [0.1, 0.15) is 5.56 Å². The van der Waals surface area contributed by atoms with Crippen LogP contribution in [-0.2, 0) is 6.61 Å². The average molecular weight is 268 g/mol. The van der Waals surface area contributed by atoms with Gasteiger partial charge in [-0.2, -0.15) is 0 Å². The SMILES string of the molecule is C=CN=C(COc1cc(CO)c2ccccc2c1)N=C. The molecule has 0 heterocycles. The van der Waals surface area contributed by atoms with Gasteiger partial charge in [0.2, 0.25) is 0 Å². The van der Waals surface area contributed by atoms with E-state index >= 15 is 0 Å². The van der Waals surface area contributed by atoms with E-state index in [1.54, 1.807) is 0 Å². The second-order valence-electron chi connectivity index (χ2n) is 4.14. The largest absolute Gasteiger partial charge is 0.486 e. The summed E-state index contributed by atoms with van der Waals surface area (Å²) < 4.78 is 5.64. The van der Waals surface area contributed by atoms with E-state index < -0.39 is 0 Å². The third kappa shape index (κ3) is 3.10. The van der Waals surface area contributed by atoms with Gasteiger partial charge in [0.1, 0.15) is 12.4 Å². The predicted molar refractivity (Wildman–Crippen MR) is 82.5 cm³/mol. The van der Waals surface area contributed by atoms with E-state index in [0.29, 0.717) is 11.6 Å². The molecule has 1 N–H and O–H groups in total. The van der Waals surface area contributed by atoms with Crippen molar-refractivity contribution in [3.05, 3.63) is 54.7 Å². The summed E-state index contributed by atoms with van der Waals surface area (Å²) in [6.45, 7) is 7.11. The molecule has 0 saturated heterocycles. The summed E-state index contributed by atoms with van der Waals surface area (Å²) in [5.41, 5.74) is 0.826. The predicted octanol–water partition coefficient (Wildman–Crippen LogP) is 2.95. The molecule has 0 aliphatic carbocycles. The number of aliphatic hydroxyl groups excluding tert-OH is 1. The van der Waals surface area contributed by atoms with Crippen LogP contribution in [-0.4, -0.2) is 24.3 Å². The molecule has 0 atom stereocenters. The van der Waals surface area contributed by atoms with Crippen molar-refractivity contribution in [1.82, 2.24) is 0 Å². The molecule has 0 aliphatic rings. The van der Waals surface area contributed by atoms with Crippen molar-refractivity contribution in [2.45, 2.75) is 6.61 Å². The fourth-order valence-corrected chi connectivity index (χ4v) is 1.95. The molecular weight excluding hydrogens is 252 g/mol. The highest BCUT2D eigenvalue weighted by Crippen LogP contribution is 2.25. The van der Waals surface area contributed by atoms with Crippen molar-refractivity contribution in [3.8, 4) is 5.75 Å². The minimum atomic E-state index is -0.0367. The number of hydrogen-bond donors (Lipinski definition) is 1. The summed E-state index contributed by atoms with van der Waals surface area (Å²) in [6, 6.07) is 11.6. The van der Waals surface area contributed by atoms with Crippen LogP contribution in [0.2, 0.25) is 0 Å². The van der Waals surface area contributed by atoms with E-state index in [-0.39, 0.29) is 13.2 Å². The number of fused-ring (bicyclic) bond motifs is 1. The fourth-order valence-electron chi connectivity index (χ4n) is 1.95. The monoisotopic (exact) mass is 268 g/mol. The molecule has 0 spiro atoms. The summed E-state index contributed by atoms with van der Waals surface area (Å²) in [6.07, 6.45) is 1.40. The van der Waals surface area contributed by atoms with E-state index in [1.807, 2.05) is 36.4 Å². The summed E-state index contributed by atoms with van der Waals surface area (Å²) in [5, 5.41) is 11.5. The number of aliphatic hydroxyl groups is 1. The first-order valence-corrected chi connectivity index (χ1v) is 6.18. The highest BCUT2D eigenvalue weighted by molar-refractivity contribution is 5.89. The number of hydrogen-bond acceptors (Lipinski definition) is 3. The van der Waals surface area contributed by atoms with Gasteiger partial charge in [-0.3, -0.25) is 0 Å². The molecule has 0 bridgehead atoms. The first-order chi connectivity index (χ1) is 9.78. The van der Waals surface area contributed by atoms with Crippen molar-refractivity contribution in [2.75, 3.05) is 6.61 Å². The molecule has 0 radical (unpaired) electrons. The van der Waals surface area contributed by atoms with E-state index in [9.17, 15) is 5.11 Å². The zero-order valence-electron chi connectivity index (χ0n) is 11.1. The number of ether oxygens (including phenoxy) is 1. The molecule has 0 unspecified atom stereocenters. The molecule has 0 aromatic heterocycles. The van der Waals surface area contributed by atoms with Crippen LogP contribution < -0.4 is 4.74 Å². The van der Waals surface area contributed by atoms with Gasteiger partial charge < -0.3 is 9.84 Å². The molecule has 4 heteroatoms. The summed E-state index contributed by atoms with van der Waals surface area (Å²) >= 11 is 0. The van der Waals surface area contributed by atoms with Crippen molar-refractivity contribution in [2.24, 2.45) is 9.98 Å². The maximum absolute atomic E-state index is 9.45. The van der Waals surface area contributed by atoms with Crippen molar-refractivity contribution < 1.29 is 9.84 Å². The Balaban J connectivity index is 2.29. The van der Waals surface area contributed by atoms with Gasteiger partial charge in [0, 0.05) is 6.20 Å². The fraction of sp³-hybridized carbons (Fsp3) is 0.125. The lowest BCUT2D eigenvalue weighted by molar-refractivity contribution is 0.282. The van der Waals surface area contributed by atoms with Crippen molar-refractivity contribution in [3.63, 3.8) is 0 Å². The highest BCUT2D eigenvalue weighted by Gasteiger charge is 2.05. The van der Waals surface area contributed by atoms with Crippen LogP contribution in [0.3, 0.4) is 0 Å². The Kier molecular flexibility index (Phi) is 4.63. The highest BCUT2D eigenvalue weighted by atomic mass is 16.5. The van der Waals surface area contributed by atoms with Crippen LogP contribution in [0.15, 0.2) is 59.2 Å². The van der Waals surface area contributed by atoms with E-state index in [4.69, 9.17) is 4.74 Å². The third-order valence-electron chi connectivity index (χ3n) is 2.88. The van der Waals surface area contributed by atoms with Gasteiger partial charge in [-0.15, -0.1) is 0 Å². The molecule has 0 amide bonds. The maximum Gasteiger partial charge on any atom is 0.165 e. The number of aliphatic imine (C=N–C) groups is 2. The lowest BCUT2D eigenvalue weighted by atomic mass is 10.0. The van der Waals surface area contributed by atoms with Crippen molar-refractivity contribution in [1.29, 1.82) is 0 Å². The van der Waals surface area contributed by atoms with E-state index in [0.717, 1.165) is 16.3 Å². The van der Waals surface area contributed by atoms with Gasteiger partial charge in [0.05, 0.1) is 6.61 Å². The molecular formula is C16H16N2O2. The average Bonchev–Trinajstić information content (AvgIpc) is 2.50. The van der Waals surface area contributed by atoms with Crippen LogP contribution in [0, 0.1) is 0 Å². The Labute approximate surface area is 117 Å².